The summed E-state index contributed by atoms with van der Waals surface area (Å²) in [5.41, 5.74) is -7.48. The van der Waals surface area contributed by atoms with Crippen molar-refractivity contribution in [2.24, 2.45) is 5.16 Å². The average Bonchev–Trinajstić information content (AvgIpc) is 3.15. The highest BCUT2D eigenvalue weighted by Crippen LogP contribution is 2.51. The number of hydrogen-bond donors (Lipinski definition) is 0. The predicted molar refractivity (Wildman–Crippen MR) is 94.5 cm³/mol. The summed E-state index contributed by atoms with van der Waals surface area (Å²) in [5.74, 6) is -2.59. The number of nitrogens with zero attached hydrogens (tertiary/aromatic N) is 3. The summed E-state index contributed by atoms with van der Waals surface area (Å²) < 4.78 is 101. The van der Waals surface area contributed by atoms with Gasteiger partial charge in [-0.1, -0.05) is 16.8 Å². The molecule has 0 aliphatic carbocycles. The summed E-state index contributed by atoms with van der Waals surface area (Å²) in [7, 11) is 1.08. The number of aromatic nitrogens is 2. The molecule has 0 bridgehead atoms. The molecule has 2 heterocycles. The fourth-order valence-electron chi connectivity index (χ4n) is 2.99. The SMILES string of the molecule is COC(=O)c1nnc(C2=NOC(c3cc(C(F)(F)F)cc(Cl)c3F)(C(F)(F)F)C2)cc1C. The van der Waals surface area contributed by atoms with Crippen molar-refractivity contribution in [1.82, 2.24) is 10.2 Å². The summed E-state index contributed by atoms with van der Waals surface area (Å²) in [5, 5.41) is 9.28. The number of oxime groups is 1. The van der Waals surface area contributed by atoms with E-state index in [9.17, 15) is 35.5 Å². The van der Waals surface area contributed by atoms with Crippen LogP contribution in [0.4, 0.5) is 30.7 Å². The molecule has 0 N–H and O–H groups in total. The van der Waals surface area contributed by atoms with Crippen molar-refractivity contribution in [2.45, 2.75) is 31.3 Å². The Morgan fingerprint density at radius 2 is 1.81 bits per heavy atom. The lowest BCUT2D eigenvalue weighted by Gasteiger charge is -2.30. The first kappa shape index (κ1) is 23.7. The highest BCUT2D eigenvalue weighted by Gasteiger charge is 2.64. The minimum Gasteiger partial charge on any atom is -0.464 e. The summed E-state index contributed by atoms with van der Waals surface area (Å²) in [4.78, 5) is 16.1. The van der Waals surface area contributed by atoms with Crippen LogP contribution in [0.15, 0.2) is 23.4 Å². The molecule has 1 atom stereocenters. The van der Waals surface area contributed by atoms with Gasteiger partial charge in [0.1, 0.15) is 17.2 Å². The minimum absolute atomic E-state index is 0.0234. The number of esters is 1. The number of ether oxygens (including phenoxy) is 1. The van der Waals surface area contributed by atoms with Crippen molar-refractivity contribution in [3.8, 4) is 0 Å². The number of benzene rings is 1. The molecule has 0 fully saturated rings. The molecule has 0 saturated heterocycles. The fourth-order valence-corrected chi connectivity index (χ4v) is 3.21. The molecule has 1 unspecified atom stereocenters. The van der Waals surface area contributed by atoms with Crippen LogP contribution < -0.4 is 0 Å². The van der Waals surface area contributed by atoms with Gasteiger partial charge in [-0.25, -0.2) is 9.18 Å². The quantitative estimate of drug-likeness (QED) is 0.453. The molecule has 0 radical (unpaired) electrons. The van der Waals surface area contributed by atoms with Crippen LogP contribution in [0.1, 0.15) is 39.3 Å². The Labute approximate surface area is 180 Å². The van der Waals surface area contributed by atoms with Crippen LogP contribution in [-0.4, -0.2) is 35.2 Å². The van der Waals surface area contributed by atoms with Crippen LogP contribution in [0.3, 0.4) is 0 Å². The van der Waals surface area contributed by atoms with Crippen molar-refractivity contribution in [3.05, 3.63) is 57.1 Å². The molecular weight excluding hydrogens is 475 g/mol. The van der Waals surface area contributed by atoms with Gasteiger partial charge in [-0.05, 0) is 30.7 Å². The van der Waals surface area contributed by atoms with E-state index in [1.807, 2.05) is 0 Å². The number of carbonyl (C=O) groups excluding carboxylic acids is 1. The Morgan fingerprint density at radius 1 is 1.16 bits per heavy atom. The highest BCUT2D eigenvalue weighted by molar-refractivity contribution is 6.30. The maximum atomic E-state index is 14.6. The molecular formula is C18H11ClF7N3O3. The van der Waals surface area contributed by atoms with Gasteiger partial charge in [0.2, 0.25) is 0 Å². The summed E-state index contributed by atoms with van der Waals surface area (Å²) in [6.07, 6.45) is -11.7. The van der Waals surface area contributed by atoms with E-state index in [1.165, 1.54) is 6.92 Å². The number of methoxy groups -OCH3 is 1. The van der Waals surface area contributed by atoms with Crippen molar-refractivity contribution in [2.75, 3.05) is 7.11 Å². The topological polar surface area (TPSA) is 73.7 Å². The van der Waals surface area contributed by atoms with Gasteiger partial charge in [0.05, 0.1) is 24.1 Å². The van der Waals surface area contributed by atoms with Gasteiger partial charge in [-0.15, -0.1) is 10.2 Å². The van der Waals surface area contributed by atoms with Crippen LogP contribution in [0.5, 0.6) is 0 Å². The van der Waals surface area contributed by atoms with Gasteiger partial charge < -0.3 is 9.57 Å². The molecule has 1 aliphatic heterocycles. The van der Waals surface area contributed by atoms with Crippen LogP contribution in [-0.2, 0) is 21.4 Å². The third-order valence-electron chi connectivity index (χ3n) is 4.64. The van der Waals surface area contributed by atoms with Gasteiger partial charge >= 0.3 is 18.3 Å². The van der Waals surface area contributed by atoms with Crippen LogP contribution in [0.25, 0.3) is 0 Å². The van der Waals surface area contributed by atoms with Crippen molar-refractivity contribution >= 4 is 23.3 Å². The minimum atomic E-state index is -5.40. The van der Waals surface area contributed by atoms with Crippen LogP contribution >= 0.6 is 11.6 Å². The van der Waals surface area contributed by atoms with Crippen LogP contribution in [0, 0.1) is 12.7 Å². The first-order valence-electron chi connectivity index (χ1n) is 8.53. The third kappa shape index (κ3) is 3.96. The molecule has 0 saturated carbocycles. The second kappa shape index (κ2) is 7.87. The van der Waals surface area contributed by atoms with E-state index in [1.54, 1.807) is 0 Å². The molecule has 1 aromatic heterocycles. The maximum absolute atomic E-state index is 14.6. The van der Waals surface area contributed by atoms with Crippen molar-refractivity contribution in [3.63, 3.8) is 0 Å². The van der Waals surface area contributed by atoms with E-state index < -0.39 is 58.0 Å². The van der Waals surface area contributed by atoms with Crippen molar-refractivity contribution < 1.29 is 45.1 Å². The Hall–Kier alpha value is -2.96. The molecule has 2 aromatic rings. The van der Waals surface area contributed by atoms with Gasteiger partial charge in [0, 0.05) is 5.56 Å². The van der Waals surface area contributed by atoms with E-state index >= 15 is 0 Å². The highest BCUT2D eigenvalue weighted by atomic mass is 35.5. The lowest BCUT2D eigenvalue weighted by atomic mass is 9.86. The monoisotopic (exact) mass is 485 g/mol. The lowest BCUT2D eigenvalue weighted by Crippen LogP contribution is -2.43. The van der Waals surface area contributed by atoms with E-state index in [4.69, 9.17) is 11.6 Å². The number of halogens is 8. The molecule has 172 valence electrons. The zero-order valence-electron chi connectivity index (χ0n) is 16.0. The zero-order chi connectivity index (χ0) is 24.1. The standard InChI is InChI=1S/C18H11ClF7N3O3/c1-7-3-11(27-28-14(7)15(30)31-2)12-6-16(32-29-12,18(24,25)26)9-4-8(17(21,22)23)5-10(19)13(9)20/h3-5H,6H2,1-2H3. The van der Waals surface area contributed by atoms with Gasteiger partial charge in [-0.2, -0.15) is 26.3 Å². The first-order valence-corrected chi connectivity index (χ1v) is 8.90. The summed E-state index contributed by atoms with van der Waals surface area (Å²) in [6, 6.07) is 1.30. The molecule has 0 amide bonds. The summed E-state index contributed by atoms with van der Waals surface area (Å²) in [6.45, 7) is 1.39. The third-order valence-corrected chi connectivity index (χ3v) is 4.91. The number of aryl methyl sites for hydroxylation is 1. The molecule has 14 heteroatoms. The van der Waals surface area contributed by atoms with Gasteiger partial charge in [0.25, 0.3) is 5.60 Å². The second-order valence-corrected chi connectivity index (χ2v) is 7.11. The van der Waals surface area contributed by atoms with E-state index in [2.05, 4.69) is 24.9 Å². The average molecular weight is 486 g/mol. The number of hydrogen-bond acceptors (Lipinski definition) is 6. The second-order valence-electron chi connectivity index (χ2n) is 6.70. The number of rotatable bonds is 3. The smallest absolute Gasteiger partial charge is 0.435 e. The Morgan fingerprint density at radius 3 is 2.34 bits per heavy atom. The van der Waals surface area contributed by atoms with Crippen LogP contribution in [0.2, 0.25) is 5.02 Å². The first-order chi connectivity index (χ1) is 14.7. The lowest BCUT2D eigenvalue weighted by molar-refractivity contribution is -0.276. The molecule has 3 rings (SSSR count). The molecule has 6 nitrogen and oxygen atoms in total. The largest absolute Gasteiger partial charge is 0.464 e. The van der Waals surface area contributed by atoms with Crippen molar-refractivity contribution in [1.29, 1.82) is 0 Å². The van der Waals surface area contributed by atoms with E-state index in [-0.39, 0.29) is 29.1 Å². The summed E-state index contributed by atoms with van der Waals surface area (Å²) >= 11 is 5.45. The predicted octanol–water partition coefficient (Wildman–Crippen LogP) is 4.97. The maximum Gasteiger partial charge on any atom is 0.435 e. The Bertz CT molecular complexity index is 1120. The Kier molecular flexibility index (Phi) is 5.83. The fraction of sp³-hybridized carbons (Fsp3) is 0.333. The van der Waals surface area contributed by atoms with E-state index in [0.29, 0.717) is 0 Å². The number of carbonyl (C=O) groups is 1. The number of alkyl halides is 6. The molecule has 1 aliphatic rings. The van der Waals surface area contributed by atoms with E-state index in [0.717, 1.165) is 13.2 Å². The van der Waals surface area contributed by atoms with Gasteiger partial charge in [0.15, 0.2) is 5.69 Å². The zero-order valence-corrected chi connectivity index (χ0v) is 16.8. The normalized spacial score (nSPS) is 18.9. The molecule has 1 aromatic carbocycles. The van der Waals surface area contributed by atoms with Gasteiger partial charge in [-0.3, -0.25) is 0 Å². The molecule has 32 heavy (non-hydrogen) atoms. The Balaban J connectivity index is 2.10. The molecule has 0 spiro atoms.